The van der Waals surface area contributed by atoms with Crippen LogP contribution in [0, 0.1) is 0 Å². The molecule has 6 rings (SSSR count). The number of hydrogen-bond donors (Lipinski definition) is 0. The molecule has 0 N–H and O–H groups in total. The molecule has 57 heavy (non-hydrogen) atoms. The van der Waals surface area contributed by atoms with E-state index in [0.29, 0.717) is 0 Å². The fourth-order valence-corrected chi connectivity index (χ4v) is 7.89. The minimum atomic E-state index is -2.81. The molecule has 0 aromatic heterocycles. The third kappa shape index (κ3) is 19.4. The van der Waals surface area contributed by atoms with Gasteiger partial charge in [0.05, 0.1) is 0 Å². The zero-order valence-electron chi connectivity index (χ0n) is 32.5. The standard InChI is InChI=1S/C23H23Cl3Si.C23H23Cl.CH3I.3HI.V/c1-2-3-4-5-18-6-8-19(9-7-18)20-10-12-21(13-11-20)22-14-16-23(17-15-22)27(24,25)26;1-2-3-4-5-18-6-8-19(9-7-18)20-10-12-21(13-11-20)22-14-16-23(24)17-15-22;1-2;;;;/h6-17H,2-5H2,1H3;6-17H,2-5H2,1H3;1H3;3*1H;/q;;;;;;+3/p-3. The van der Waals surface area contributed by atoms with Crippen LogP contribution in [0.4, 0.5) is 0 Å². The monoisotopic (exact) mass is 1340 g/mol. The molecule has 0 saturated heterocycles. The summed E-state index contributed by atoms with van der Waals surface area (Å²) in [4.78, 5) is 1.69. The van der Waals surface area contributed by atoms with Gasteiger partial charge in [-0.05, 0) is 104 Å². The fourth-order valence-electron chi connectivity index (χ4n) is 6.09. The van der Waals surface area contributed by atoms with Crippen molar-refractivity contribution in [3.8, 4) is 44.5 Å². The Bertz CT molecular complexity index is 1970. The van der Waals surface area contributed by atoms with Crippen molar-refractivity contribution in [3.63, 3.8) is 0 Å². The third-order valence-corrected chi connectivity index (χ3v) is 12.4. The molecule has 10 heteroatoms. The average molecular weight is 1340 g/mol. The van der Waals surface area contributed by atoms with Gasteiger partial charge in [-0.2, -0.15) is 0 Å². The van der Waals surface area contributed by atoms with Gasteiger partial charge in [0.25, 0.3) is 0 Å². The first-order valence-corrected chi connectivity index (χ1v) is 40.0. The fraction of sp³-hybridized carbons (Fsp3) is 0.234. The average Bonchev–Trinajstić information content (AvgIpc) is 3.23. The summed E-state index contributed by atoms with van der Waals surface area (Å²) < 4.78 is 0. The summed E-state index contributed by atoms with van der Waals surface area (Å²) in [6.45, 7) is 4.49. The molecule has 0 aliphatic carbocycles. The molecular weight excluding hydrogens is 1290 g/mol. The Balaban J connectivity index is 0.000000270. The molecule has 0 saturated carbocycles. The van der Waals surface area contributed by atoms with Crippen LogP contribution < -0.4 is 5.19 Å². The zero-order chi connectivity index (χ0) is 41.6. The van der Waals surface area contributed by atoms with Crippen molar-refractivity contribution in [1.82, 2.24) is 0 Å². The molecule has 0 amide bonds. The van der Waals surface area contributed by atoms with Gasteiger partial charge in [-0.1, -0.05) is 207 Å². The Morgan fingerprint density at radius 2 is 0.632 bits per heavy atom. The summed E-state index contributed by atoms with van der Waals surface area (Å²) in [5.41, 5.74) is 12.6. The van der Waals surface area contributed by atoms with Crippen molar-refractivity contribution in [2.75, 3.05) is 4.93 Å². The molecule has 0 nitrogen and oxygen atoms in total. The summed E-state index contributed by atoms with van der Waals surface area (Å²) in [5.74, 6) is 0. The molecule has 0 unspecified atom stereocenters. The molecule has 0 aliphatic heterocycles. The molecule has 0 fully saturated rings. The minimum absolute atomic E-state index is 0.278. The quantitative estimate of drug-likeness (QED) is 0.0355. The second-order valence-corrected chi connectivity index (χ2v) is 57.5. The second kappa shape index (κ2) is 28.7. The number of alkyl halides is 1. The van der Waals surface area contributed by atoms with Crippen molar-refractivity contribution in [3.05, 3.63) is 162 Å². The van der Waals surface area contributed by atoms with Crippen LogP contribution in [0.3, 0.4) is 0 Å². The van der Waals surface area contributed by atoms with Gasteiger partial charge >= 0.3 is 70.9 Å². The molecule has 0 heterocycles. The molecular formula is C47H49Cl4I4SiV. The summed E-state index contributed by atoms with van der Waals surface area (Å²) in [5, 5.41) is 1.58. The first kappa shape index (κ1) is 51.6. The van der Waals surface area contributed by atoms with Crippen LogP contribution in [0.25, 0.3) is 44.5 Å². The van der Waals surface area contributed by atoms with Gasteiger partial charge in [0.1, 0.15) is 0 Å². The van der Waals surface area contributed by atoms with Gasteiger partial charge in [0, 0.05) is 5.02 Å². The molecule has 0 spiro atoms. The predicted octanol–water partition coefficient (Wildman–Crippen LogP) is 18.7. The summed E-state index contributed by atoms with van der Waals surface area (Å²) >= 11 is 33.7. The number of unbranched alkanes of at least 4 members (excludes halogenated alkanes) is 4. The van der Waals surface area contributed by atoms with E-state index < -0.39 is 6.00 Å². The predicted molar refractivity (Wildman–Crippen MR) is 291 cm³/mol. The zero-order valence-corrected chi connectivity index (χ0v) is 46.5. The van der Waals surface area contributed by atoms with Crippen LogP contribution in [-0.2, 0) is 17.8 Å². The van der Waals surface area contributed by atoms with Gasteiger partial charge in [0.2, 0.25) is 0 Å². The molecule has 0 atom stereocenters. The van der Waals surface area contributed by atoms with Gasteiger partial charge in [-0.25, -0.2) is 0 Å². The summed E-state index contributed by atoms with van der Waals surface area (Å²) in [6.07, 6.45) is 10.1. The first-order valence-electron chi connectivity index (χ1n) is 18.9. The molecule has 0 bridgehead atoms. The maximum absolute atomic E-state index is 6.06. The number of benzene rings is 6. The van der Waals surface area contributed by atoms with E-state index in [2.05, 4.69) is 206 Å². The van der Waals surface area contributed by atoms with E-state index in [1.54, 1.807) is 0 Å². The van der Waals surface area contributed by atoms with Gasteiger partial charge in [-0.15, -0.1) is 33.2 Å². The van der Waals surface area contributed by atoms with Crippen LogP contribution in [-0.4, -0.2) is 10.9 Å². The van der Waals surface area contributed by atoms with Crippen LogP contribution in [0.2, 0.25) is 5.02 Å². The van der Waals surface area contributed by atoms with Crippen LogP contribution in [0.1, 0.15) is 63.5 Å². The molecule has 6 aromatic rings. The second-order valence-electron chi connectivity index (χ2n) is 13.2. The van der Waals surface area contributed by atoms with E-state index in [1.165, 1.54) is 95.9 Å². The van der Waals surface area contributed by atoms with E-state index >= 15 is 0 Å². The van der Waals surface area contributed by atoms with Crippen LogP contribution >= 0.6 is 127 Å². The Morgan fingerprint density at radius 3 is 0.877 bits per heavy atom. The Morgan fingerprint density at radius 1 is 0.404 bits per heavy atom. The normalized spacial score (nSPS) is 10.7. The van der Waals surface area contributed by atoms with Crippen LogP contribution in [0.15, 0.2) is 146 Å². The van der Waals surface area contributed by atoms with E-state index in [9.17, 15) is 0 Å². The topological polar surface area (TPSA) is 0 Å². The van der Waals surface area contributed by atoms with Crippen molar-refractivity contribution in [1.29, 1.82) is 0 Å². The van der Waals surface area contributed by atoms with E-state index in [4.69, 9.17) is 44.8 Å². The van der Waals surface area contributed by atoms with Gasteiger partial charge in [0.15, 0.2) is 0 Å². The van der Waals surface area contributed by atoms with Crippen molar-refractivity contribution in [2.45, 2.75) is 65.2 Å². The van der Waals surface area contributed by atoms with Crippen LogP contribution in [0.5, 0.6) is 0 Å². The number of hydrogen-bond acceptors (Lipinski definition) is 0. The number of rotatable bonds is 13. The van der Waals surface area contributed by atoms with Crippen molar-refractivity contribution >= 4 is 139 Å². The van der Waals surface area contributed by atoms with Crippen molar-refractivity contribution < 1.29 is 4.92 Å². The van der Waals surface area contributed by atoms with Crippen molar-refractivity contribution in [2.24, 2.45) is 0 Å². The van der Waals surface area contributed by atoms with Gasteiger partial charge in [-0.3, -0.25) is 0 Å². The molecule has 0 radical (unpaired) electrons. The molecule has 302 valence electrons. The summed E-state index contributed by atoms with van der Waals surface area (Å²) in [7, 11) is 0. The first-order chi connectivity index (χ1) is 27.5. The molecule has 6 aromatic carbocycles. The number of aryl methyl sites for hydroxylation is 2. The van der Waals surface area contributed by atoms with E-state index in [1.807, 2.05) is 41.3 Å². The summed E-state index contributed by atoms with van der Waals surface area (Å²) in [6, 6.07) is 48.3. The third-order valence-electron chi connectivity index (χ3n) is 9.21. The Hall–Kier alpha value is 0.201. The maximum atomic E-state index is 6.06. The van der Waals surface area contributed by atoms with E-state index in [-0.39, 0.29) is 4.92 Å². The Labute approximate surface area is 414 Å². The van der Waals surface area contributed by atoms with E-state index in [0.717, 1.165) is 21.3 Å². The number of halogens is 8. The van der Waals surface area contributed by atoms with Gasteiger partial charge < -0.3 is 0 Å². The Kier molecular flexibility index (Phi) is 26.0. The molecule has 0 aliphatic rings. The SMILES string of the molecule is CCCCCc1ccc(-c2ccc(-c3ccc(Cl)cc3)cc2)cc1.CCCCCc1ccc(-c2ccc(-c3ccc([Si](Cl)(Cl)Cl)cc3)cc2)cc1.CI.[I][V]([I])[I].